The van der Waals surface area contributed by atoms with Crippen LogP contribution < -0.4 is 5.32 Å². The molecule has 1 atom stereocenters. The number of aryl methyl sites for hydroxylation is 2. The number of piperidine rings is 1. The predicted octanol–water partition coefficient (Wildman–Crippen LogP) is 4.82. The summed E-state index contributed by atoms with van der Waals surface area (Å²) in [4.78, 5) is 32.1. The SMILES string of the molecule is Cc1cc(C(F)(F)F)nn1CC(=O)N1CCC(c2cccc(C(=O)N[C@@H]3CCCc4ccccc43)n2)CC1. The minimum absolute atomic E-state index is 0.0298. The third kappa shape index (κ3) is 5.58. The Kier molecular flexibility index (Phi) is 7.23. The Labute approximate surface area is 219 Å². The number of hydrogen-bond acceptors (Lipinski definition) is 4. The van der Waals surface area contributed by atoms with Gasteiger partial charge >= 0.3 is 6.18 Å². The van der Waals surface area contributed by atoms with Crippen LogP contribution in [0.25, 0.3) is 0 Å². The maximum Gasteiger partial charge on any atom is 0.435 e. The number of hydrogen-bond donors (Lipinski definition) is 1. The summed E-state index contributed by atoms with van der Waals surface area (Å²) >= 11 is 0. The van der Waals surface area contributed by atoms with E-state index in [0.29, 0.717) is 31.6 Å². The van der Waals surface area contributed by atoms with Crippen LogP contribution in [0.2, 0.25) is 0 Å². The van der Waals surface area contributed by atoms with Crippen LogP contribution in [0.1, 0.15) is 76.3 Å². The van der Waals surface area contributed by atoms with Crippen molar-refractivity contribution in [2.75, 3.05) is 13.1 Å². The third-order valence-corrected chi connectivity index (χ3v) is 7.50. The Morgan fingerprint density at radius 1 is 1.05 bits per heavy atom. The number of halogens is 3. The molecule has 3 heterocycles. The molecule has 0 saturated carbocycles. The van der Waals surface area contributed by atoms with Gasteiger partial charge in [-0.1, -0.05) is 30.3 Å². The number of aromatic nitrogens is 3. The quantitative estimate of drug-likeness (QED) is 0.518. The van der Waals surface area contributed by atoms with Gasteiger partial charge in [0.05, 0.1) is 6.04 Å². The average Bonchev–Trinajstić information content (AvgIpc) is 3.29. The van der Waals surface area contributed by atoms with Gasteiger partial charge in [-0.2, -0.15) is 18.3 Å². The fourth-order valence-electron chi connectivity index (χ4n) is 5.40. The molecule has 3 aromatic rings. The molecule has 2 amide bonds. The summed E-state index contributed by atoms with van der Waals surface area (Å²) in [7, 11) is 0. The van der Waals surface area contributed by atoms with Gasteiger partial charge in [0.1, 0.15) is 12.2 Å². The molecule has 0 radical (unpaired) electrons. The molecule has 1 aliphatic heterocycles. The van der Waals surface area contributed by atoms with Crippen LogP contribution in [0, 0.1) is 6.92 Å². The lowest BCUT2D eigenvalue weighted by atomic mass is 9.87. The van der Waals surface area contributed by atoms with Crippen molar-refractivity contribution in [3.05, 3.63) is 82.4 Å². The van der Waals surface area contributed by atoms with E-state index in [1.54, 1.807) is 11.0 Å². The van der Waals surface area contributed by atoms with E-state index >= 15 is 0 Å². The standard InChI is InChI=1S/C28H30F3N5O2/c1-18-16-25(28(29,30)31)34-36(18)17-26(37)35-14-12-20(13-15-35)22-9-5-11-24(32-22)27(38)33-23-10-4-7-19-6-2-3-8-21(19)23/h2-3,5-6,8-9,11,16,20,23H,4,7,10,12-15,17H2,1H3,(H,33,38)/t23-/m1/s1. The molecule has 1 aromatic carbocycles. The van der Waals surface area contributed by atoms with Crippen LogP contribution in [-0.4, -0.2) is 44.6 Å². The maximum atomic E-state index is 13.1. The fraction of sp³-hybridized carbons (Fsp3) is 0.429. The second kappa shape index (κ2) is 10.6. The van der Waals surface area contributed by atoms with Gasteiger partial charge in [0.25, 0.3) is 5.91 Å². The highest BCUT2D eigenvalue weighted by Gasteiger charge is 2.35. The van der Waals surface area contributed by atoms with Crippen LogP contribution in [0.15, 0.2) is 48.5 Å². The van der Waals surface area contributed by atoms with Crippen molar-refractivity contribution in [1.82, 2.24) is 25.0 Å². The zero-order valence-electron chi connectivity index (χ0n) is 21.2. The number of alkyl halides is 3. The zero-order chi connectivity index (χ0) is 26.9. The minimum Gasteiger partial charge on any atom is -0.344 e. The van der Waals surface area contributed by atoms with Crippen molar-refractivity contribution in [3.63, 3.8) is 0 Å². The summed E-state index contributed by atoms with van der Waals surface area (Å²) in [5.74, 6) is -0.378. The molecule has 10 heteroatoms. The highest BCUT2D eigenvalue weighted by Crippen LogP contribution is 2.31. The van der Waals surface area contributed by atoms with Gasteiger partial charge in [-0.15, -0.1) is 0 Å². The molecule has 200 valence electrons. The molecule has 2 aromatic heterocycles. The molecule has 0 spiro atoms. The number of rotatable bonds is 5. The Balaban J connectivity index is 1.18. The number of nitrogens with zero attached hydrogens (tertiary/aromatic N) is 4. The van der Waals surface area contributed by atoms with E-state index in [2.05, 4.69) is 27.5 Å². The van der Waals surface area contributed by atoms with E-state index in [4.69, 9.17) is 0 Å². The lowest BCUT2D eigenvalue weighted by molar-refractivity contribution is -0.142. The molecular formula is C28H30F3N5O2. The molecule has 0 unspecified atom stereocenters. The average molecular weight is 526 g/mol. The van der Waals surface area contributed by atoms with Gasteiger partial charge in [-0.3, -0.25) is 14.3 Å². The van der Waals surface area contributed by atoms with Crippen molar-refractivity contribution in [2.45, 2.75) is 63.7 Å². The molecule has 1 N–H and O–H groups in total. The first-order chi connectivity index (χ1) is 18.2. The normalized spacial score (nSPS) is 18.2. The Morgan fingerprint density at radius 3 is 2.55 bits per heavy atom. The summed E-state index contributed by atoms with van der Waals surface area (Å²) in [5.41, 5.74) is 2.92. The lowest BCUT2D eigenvalue weighted by Crippen LogP contribution is -2.40. The van der Waals surface area contributed by atoms with Gasteiger partial charge in [0, 0.05) is 30.4 Å². The number of fused-ring (bicyclic) bond motifs is 1. The number of carbonyl (C=O) groups excluding carboxylic acids is 2. The zero-order valence-corrected chi connectivity index (χ0v) is 21.2. The summed E-state index contributed by atoms with van der Waals surface area (Å²) in [5, 5.41) is 6.70. The van der Waals surface area contributed by atoms with Gasteiger partial charge in [-0.25, -0.2) is 4.98 Å². The van der Waals surface area contributed by atoms with Gasteiger partial charge in [-0.05, 0) is 68.4 Å². The van der Waals surface area contributed by atoms with E-state index in [1.807, 2.05) is 24.3 Å². The molecule has 2 aliphatic rings. The van der Waals surface area contributed by atoms with Gasteiger partial charge in [0.2, 0.25) is 5.91 Å². The molecule has 0 bridgehead atoms. The van der Waals surface area contributed by atoms with Gasteiger partial charge < -0.3 is 10.2 Å². The van der Waals surface area contributed by atoms with Crippen molar-refractivity contribution in [1.29, 1.82) is 0 Å². The van der Waals surface area contributed by atoms with E-state index < -0.39 is 11.9 Å². The van der Waals surface area contributed by atoms with Crippen molar-refractivity contribution >= 4 is 11.8 Å². The van der Waals surface area contributed by atoms with Crippen LogP contribution in [0.3, 0.4) is 0 Å². The number of carbonyl (C=O) groups is 2. The molecule has 1 fully saturated rings. The molecule has 1 aliphatic carbocycles. The van der Waals surface area contributed by atoms with E-state index in [1.165, 1.54) is 18.1 Å². The summed E-state index contributed by atoms with van der Waals surface area (Å²) in [6.07, 6.45) is -0.289. The second-order valence-corrected chi connectivity index (χ2v) is 10.0. The van der Waals surface area contributed by atoms with Crippen LogP contribution >= 0.6 is 0 Å². The Hall–Kier alpha value is -3.69. The van der Waals surface area contributed by atoms with Crippen LogP contribution in [0.4, 0.5) is 13.2 Å². The lowest BCUT2D eigenvalue weighted by Gasteiger charge is -2.32. The molecular weight excluding hydrogens is 495 g/mol. The first-order valence-electron chi connectivity index (χ1n) is 12.9. The number of amides is 2. The molecule has 1 saturated heterocycles. The number of nitrogens with one attached hydrogen (secondary N) is 1. The summed E-state index contributed by atoms with van der Waals surface area (Å²) in [6.45, 7) is 2.20. The highest BCUT2D eigenvalue weighted by atomic mass is 19.4. The van der Waals surface area contributed by atoms with Crippen molar-refractivity contribution in [3.8, 4) is 0 Å². The van der Waals surface area contributed by atoms with E-state index in [-0.39, 0.29) is 36.0 Å². The monoisotopic (exact) mass is 525 g/mol. The van der Waals surface area contributed by atoms with Crippen molar-refractivity contribution in [2.24, 2.45) is 0 Å². The molecule has 5 rings (SSSR count). The minimum atomic E-state index is -4.54. The summed E-state index contributed by atoms with van der Waals surface area (Å²) < 4.78 is 39.9. The number of pyridine rings is 1. The topological polar surface area (TPSA) is 80.1 Å². The highest BCUT2D eigenvalue weighted by molar-refractivity contribution is 5.92. The first kappa shape index (κ1) is 25.9. The largest absolute Gasteiger partial charge is 0.435 e. The molecule has 38 heavy (non-hydrogen) atoms. The van der Waals surface area contributed by atoms with Gasteiger partial charge in [0.15, 0.2) is 5.69 Å². The Bertz CT molecular complexity index is 1330. The number of benzene rings is 1. The fourth-order valence-corrected chi connectivity index (χ4v) is 5.40. The van der Waals surface area contributed by atoms with E-state index in [9.17, 15) is 22.8 Å². The summed E-state index contributed by atoms with van der Waals surface area (Å²) in [6, 6.07) is 14.6. The van der Waals surface area contributed by atoms with Crippen LogP contribution in [0.5, 0.6) is 0 Å². The van der Waals surface area contributed by atoms with Crippen LogP contribution in [-0.2, 0) is 23.9 Å². The maximum absolute atomic E-state index is 13.1. The number of likely N-dealkylation sites (tertiary alicyclic amines) is 1. The smallest absolute Gasteiger partial charge is 0.344 e. The second-order valence-electron chi connectivity index (χ2n) is 10.0. The predicted molar refractivity (Wildman–Crippen MR) is 134 cm³/mol. The first-order valence-corrected chi connectivity index (χ1v) is 12.9. The third-order valence-electron chi connectivity index (χ3n) is 7.50. The molecule has 7 nitrogen and oxygen atoms in total. The Morgan fingerprint density at radius 2 is 1.82 bits per heavy atom. The van der Waals surface area contributed by atoms with Crippen molar-refractivity contribution < 1.29 is 22.8 Å². The van der Waals surface area contributed by atoms with E-state index in [0.717, 1.165) is 35.7 Å².